The number of likely N-dealkylation sites (tertiary alicyclic amines) is 1. The number of hydrogen-bond acceptors (Lipinski definition) is 6. The fourth-order valence-corrected chi connectivity index (χ4v) is 4.89. The van der Waals surface area contributed by atoms with E-state index in [1.165, 1.54) is 11.6 Å². The highest BCUT2D eigenvalue weighted by Crippen LogP contribution is 2.35. The molecule has 1 fully saturated rings. The largest absolute Gasteiger partial charge is 0.465 e. The minimum atomic E-state index is -0.461. The van der Waals surface area contributed by atoms with Crippen LogP contribution in [0.3, 0.4) is 0 Å². The van der Waals surface area contributed by atoms with Crippen LogP contribution in [0.4, 0.5) is 5.69 Å². The molecule has 0 radical (unpaired) electrons. The van der Waals surface area contributed by atoms with Crippen molar-refractivity contribution in [1.29, 1.82) is 0 Å². The first-order valence-corrected chi connectivity index (χ1v) is 10.8. The zero-order valence-electron chi connectivity index (χ0n) is 16.4. The van der Waals surface area contributed by atoms with Gasteiger partial charge in [-0.3, -0.25) is 15.0 Å². The Morgan fingerprint density at radius 1 is 1.31 bits per heavy atom. The van der Waals surface area contributed by atoms with Crippen molar-refractivity contribution in [2.75, 3.05) is 13.1 Å². The normalized spacial score (nSPS) is 15.7. The molecule has 3 aromatic rings. The molecule has 29 heavy (non-hydrogen) atoms. The van der Waals surface area contributed by atoms with Gasteiger partial charge in [-0.25, -0.2) is 4.98 Å². The fraction of sp³-hybridized carbons (Fsp3) is 0.381. The van der Waals surface area contributed by atoms with Crippen LogP contribution in [0.1, 0.15) is 40.9 Å². The summed E-state index contributed by atoms with van der Waals surface area (Å²) in [5.41, 5.74) is 2.61. The third kappa shape index (κ3) is 4.37. The number of aromatic nitrogens is 1. The zero-order chi connectivity index (χ0) is 20.5. The van der Waals surface area contributed by atoms with Crippen molar-refractivity contribution in [3.8, 4) is 11.3 Å². The SMILES string of the molecule is Cc1cc(CN2CCC(c3nc(-c4ccc(Cl)c([N+](=O)[O-])c4)cs3)CC2)oc1C. The Bertz CT molecular complexity index is 1020. The molecule has 0 saturated carbocycles. The van der Waals surface area contributed by atoms with E-state index in [-0.39, 0.29) is 10.7 Å². The second-order valence-corrected chi connectivity index (χ2v) is 8.79. The van der Waals surface area contributed by atoms with Gasteiger partial charge in [-0.15, -0.1) is 11.3 Å². The highest BCUT2D eigenvalue weighted by atomic mass is 35.5. The average Bonchev–Trinajstić information content (AvgIpc) is 3.30. The number of rotatable bonds is 5. The van der Waals surface area contributed by atoms with Gasteiger partial charge in [-0.05, 0) is 57.5 Å². The van der Waals surface area contributed by atoms with Crippen molar-refractivity contribution < 1.29 is 9.34 Å². The van der Waals surface area contributed by atoms with Gasteiger partial charge in [0.25, 0.3) is 5.69 Å². The van der Waals surface area contributed by atoms with Crippen LogP contribution in [0.25, 0.3) is 11.3 Å². The van der Waals surface area contributed by atoms with E-state index in [1.807, 2.05) is 12.3 Å². The summed E-state index contributed by atoms with van der Waals surface area (Å²) in [4.78, 5) is 17.9. The smallest absolute Gasteiger partial charge is 0.288 e. The van der Waals surface area contributed by atoms with Crippen LogP contribution < -0.4 is 0 Å². The third-order valence-electron chi connectivity index (χ3n) is 5.49. The predicted molar refractivity (Wildman–Crippen MR) is 115 cm³/mol. The highest BCUT2D eigenvalue weighted by Gasteiger charge is 2.24. The molecule has 0 amide bonds. The van der Waals surface area contributed by atoms with Gasteiger partial charge in [0.1, 0.15) is 16.5 Å². The van der Waals surface area contributed by atoms with E-state index in [2.05, 4.69) is 17.9 Å². The van der Waals surface area contributed by atoms with E-state index in [1.54, 1.807) is 23.5 Å². The van der Waals surface area contributed by atoms with E-state index in [4.69, 9.17) is 21.0 Å². The van der Waals surface area contributed by atoms with Gasteiger partial charge in [-0.2, -0.15) is 0 Å². The van der Waals surface area contributed by atoms with E-state index in [9.17, 15) is 10.1 Å². The molecule has 0 bridgehead atoms. The van der Waals surface area contributed by atoms with Crippen molar-refractivity contribution in [1.82, 2.24) is 9.88 Å². The first-order chi connectivity index (χ1) is 13.9. The molecular formula is C21H22ClN3O3S. The number of thiazole rings is 1. The van der Waals surface area contributed by atoms with Gasteiger partial charge in [-0.1, -0.05) is 17.7 Å². The van der Waals surface area contributed by atoms with Gasteiger partial charge in [0.15, 0.2) is 0 Å². The first-order valence-electron chi connectivity index (χ1n) is 9.58. The number of piperidine rings is 1. The molecule has 0 aliphatic carbocycles. The van der Waals surface area contributed by atoms with Crippen LogP contribution in [-0.4, -0.2) is 27.9 Å². The summed E-state index contributed by atoms with van der Waals surface area (Å²) in [5, 5.41) is 14.3. The minimum Gasteiger partial charge on any atom is -0.465 e. The number of nitro groups is 1. The number of furan rings is 1. The fourth-order valence-electron chi connectivity index (χ4n) is 3.71. The Hall–Kier alpha value is -2.22. The lowest BCUT2D eigenvalue weighted by Crippen LogP contribution is -2.32. The molecule has 4 rings (SSSR count). The lowest BCUT2D eigenvalue weighted by atomic mass is 9.97. The highest BCUT2D eigenvalue weighted by molar-refractivity contribution is 7.10. The van der Waals surface area contributed by atoms with E-state index >= 15 is 0 Å². The van der Waals surface area contributed by atoms with Crippen LogP contribution in [0.2, 0.25) is 5.02 Å². The quantitative estimate of drug-likeness (QED) is 0.368. The number of nitro benzene ring substituents is 1. The Morgan fingerprint density at radius 2 is 2.07 bits per heavy atom. The van der Waals surface area contributed by atoms with Crippen molar-refractivity contribution in [3.63, 3.8) is 0 Å². The molecule has 3 heterocycles. The maximum absolute atomic E-state index is 11.1. The summed E-state index contributed by atoms with van der Waals surface area (Å²) in [6, 6.07) is 6.96. The summed E-state index contributed by atoms with van der Waals surface area (Å²) < 4.78 is 5.81. The van der Waals surface area contributed by atoms with Crippen LogP contribution in [-0.2, 0) is 6.54 Å². The standard InChI is InChI=1S/C21H22ClN3O3S/c1-13-9-17(28-14(13)2)11-24-7-5-15(6-8-24)21-23-19(12-29-21)16-3-4-18(22)20(10-16)25(26)27/h3-4,9-10,12,15H,5-8,11H2,1-2H3. The number of aryl methyl sites for hydroxylation is 2. The zero-order valence-corrected chi connectivity index (χ0v) is 17.9. The summed E-state index contributed by atoms with van der Waals surface area (Å²) in [5.74, 6) is 2.44. The maximum atomic E-state index is 11.1. The molecule has 0 N–H and O–H groups in total. The van der Waals surface area contributed by atoms with Crippen LogP contribution in [0, 0.1) is 24.0 Å². The molecule has 2 aromatic heterocycles. The molecule has 8 heteroatoms. The summed E-state index contributed by atoms with van der Waals surface area (Å²) in [7, 11) is 0. The molecule has 152 valence electrons. The molecule has 1 aliphatic heterocycles. The molecule has 1 aromatic carbocycles. The molecule has 1 saturated heterocycles. The summed E-state index contributed by atoms with van der Waals surface area (Å²) in [6.45, 7) is 6.93. The van der Waals surface area contributed by atoms with Crippen molar-refractivity contribution >= 4 is 28.6 Å². The molecule has 6 nitrogen and oxygen atoms in total. The van der Waals surface area contributed by atoms with E-state index in [0.717, 1.165) is 60.3 Å². The van der Waals surface area contributed by atoms with Gasteiger partial charge in [0.2, 0.25) is 0 Å². The van der Waals surface area contributed by atoms with E-state index in [0.29, 0.717) is 5.92 Å². The average molecular weight is 432 g/mol. The predicted octanol–water partition coefficient (Wildman–Crippen LogP) is 5.96. The monoisotopic (exact) mass is 431 g/mol. The molecule has 0 spiro atoms. The number of nitrogens with zero attached hydrogens (tertiary/aromatic N) is 3. The van der Waals surface area contributed by atoms with Gasteiger partial charge < -0.3 is 4.42 Å². The van der Waals surface area contributed by atoms with E-state index < -0.39 is 4.92 Å². The van der Waals surface area contributed by atoms with Crippen LogP contribution >= 0.6 is 22.9 Å². The van der Waals surface area contributed by atoms with Crippen LogP contribution in [0.15, 0.2) is 34.1 Å². The number of benzene rings is 1. The molecule has 0 unspecified atom stereocenters. The van der Waals surface area contributed by atoms with Gasteiger partial charge >= 0.3 is 0 Å². The Balaban J connectivity index is 1.41. The lowest BCUT2D eigenvalue weighted by Gasteiger charge is -2.30. The number of halogens is 1. The first kappa shape index (κ1) is 20.1. The second kappa shape index (κ2) is 8.26. The van der Waals surface area contributed by atoms with Crippen molar-refractivity contribution in [2.24, 2.45) is 0 Å². The Labute approximate surface area is 178 Å². The molecular weight excluding hydrogens is 410 g/mol. The van der Waals surface area contributed by atoms with Crippen molar-refractivity contribution in [2.45, 2.75) is 39.2 Å². The second-order valence-electron chi connectivity index (χ2n) is 7.50. The molecule has 0 atom stereocenters. The third-order valence-corrected chi connectivity index (χ3v) is 6.82. The van der Waals surface area contributed by atoms with Gasteiger partial charge in [0.05, 0.1) is 22.2 Å². The topological polar surface area (TPSA) is 72.4 Å². The molecule has 1 aliphatic rings. The number of hydrogen-bond donors (Lipinski definition) is 0. The Kier molecular flexibility index (Phi) is 5.72. The summed E-state index contributed by atoms with van der Waals surface area (Å²) in [6.07, 6.45) is 2.10. The summed E-state index contributed by atoms with van der Waals surface area (Å²) >= 11 is 7.55. The van der Waals surface area contributed by atoms with Crippen LogP contribution in [0.5, 0.6) is 0 Å². The Morgan fingerprint density at radius 3 is 2.72 bits per heavy atom. The van der Waals surface area contributed by atoms with Gasteiger partial charge in [0, 0.05) is 22.9 Å². The van der Waals surface area contributed by atoms with Crippen molar-refractivity contribution in [3.05, 3.63) is 66.9 Å². The minimum absolute atomic E-state index is 0.0876. The lowest BCUT2D eigenvalue weighted by molar-refractivity contribution is -0.384. The maximum Gasteiger partial charge on any atom is 0.288 e.